The molecule has 16 heavy (non-hydrogen) atoms. The van der Waals surface area contributed by atoms with Crippen molar-refractivity contribution in [2.24, 2.45) is 0 Å². The Hall–Kier alpha value is -1.76. The highest BCUT2D eigenvalue weighted by molar-refractivity contribution is 5.56. The zero-order valence-electron chi connectivity index (χ0n) is 8.00. The third-order valence-electron chi connectivity index (χ3n) is 2.29. The molecule has 1 aliphatic heterocycles. The molecule has 0 atom stereocenters. The average molecular weight is 233 g/mol. The molecule has 88 valence electrons. The van der Waals surface area contributed by atoms with Gasteiger partial charge in [0.2, 0.25) is 28.9 Å². The van der Waals surface area contributed by atoms with Crippen LogP contribution in [0.15, 0.2) is 0 Å². The molecule has 0 radical (unpaired) electrons. The van der Waals surface area contributed by atoms with Gasteiger partial charge < -0.3 is 25.4 Å². The van der Waals surface area contributed by atoms with E-state index in [0.29, 0.717) is 13.1 Å². The van der Waals surface area contributed by atoms with Crippen molar-refractivity contribution in [2.45, 2.75) is 6.10 Å². The Kier molecular flexibility index (Phi) is 2.47. The van der Waals surface area contributed by atoms with E-state index in [0.717, 1.165) is 0 Å². The minimum atomic E-state index is -1.56. The summed E-state index contributed by atoms with van der Waals surface area (Å²) >= 11 is 0. The Labute approximate surface area is 88.9 Å². The summed E-state index contributed by atoms with van der Waals surface area (Å²) in [5.74, 6) is -7.46. The van der Waals surface area contributed by atoms with Crippen molar-refractivity contribution in [2.75, 3.05) is 13.1 Å². The van der Waals surface area contributed by atoms with Crippen LogP contribution >= 0.6 is 0 Å². The normalized spacial score (nSPS) is 15.9. The third-order valence-corrected chi connectivity index (χ3v) is 2.29. The summed E-state index contributed by atoms with van der Waals surface area (Å²) in [5.41, 5.74) is 0. The topological polar surface area (TPSA) is 82.0 Å². The predicted molar refractivity (Wildman–Crippen MR) is 48.6 cm³/mol. The van der Waals surface area contributed by atoms with Crippen LogP contribution in [0.4, 0.5) is 8.78 Å². The smallest absolute Gasteiger partial charge is 0.213 e. The molecular weight excluding hydrogens is 224 g/mol. The summed E-state index contributed by atoms with van der Waals surface area (Å²) in [6.07, 6.45) is -0.375. The fourth-order valence-corrected chi connectivity index (χ4v) is 1.26. The van der Waals surface area contributed by atoms with Gasteiger partial charge in [-0.3, -0.25) is 0 Å². The van der Waals surface area contributed by atoms with E-state index in [9.17, 15) is 19.0 Å². The number of rotatable bonds is 2. The Balaban J connectivity index is 2.42. The summed E-state index contributed by atoms with van der Waals surface area (Å²) in [6.45, 7) is 0.895. The van der Waals surface area contributed by atoms with Crippen molar-refractivity contribution < 1.29 is 28.8 Å². The van der Waals surface area contributed by atoms with E-state index >= 15 is 0 Å². The van der Waals surface area contributed by atoms with Gasteiger partial charge in [0.05, 0.1) is 0 Å². The van der Waals surface area contributed by atoms with E-state index in [-0.39, 0.29) is 6.10 Å². The molecule has 1 aromatic carbocycles. The van der Waals surface area contributed by atoms with Gasteiger partial charge in [0, 0.05) is 13.1 Å². The van der Waals surface area contributed by atoms with Gasteiger partial charge in [-0.25, -0.2) is 0 Å². The van der Waals surface area contributed by atoms with E-state index in [1.807, 2.05) is 0 Å². The van der Waals surface area contributed by atoms with Crippen molar-refractivity contribution in [1.29, 1.82) is 0 Å². The van der Waals surface area contributed by atoms with Crippen LogP contribution in [0.25, 0.3) is 0 Å². The minimum Gasteiger partial charge on any atom is -0.503 e. The lowest BCUT2D eigenvalue weighted by atomic mass is 10.2. The minimum absolute atomic E-state index is 0.375. The first-order valence-electron chi connectivity index (χ1n) is 4.51. The van der Waals surface area contributed by atoms with Crippen molar-refractivity contribution >= 4 is 0 Å². The lowest BCUT2D eigenvalue weighted by Crippen LogP contribution is -2.50. The van der Waals surface area contributed by atoms with Crippen LogP contribution in [0, 0.1) is 11.6 Å². The van der Waals surface area contributed by atoms with E-state index in [1.165, 1.54) is 0 Å². The highest BCUT2D eigenvalue weighted by Gasteiger charge is 2.29. The van der Waals surface area contributed by atoms with Gasteiger partial charge in [0.15, 0.2) is 5.75 Å². The molecule has 0 amide bonds. The molecule has 0 saturated carbocycles. The van der Waals surface area contributed by atoms with E-state index in [4.69, 9.17) is 9.84 Å². The molecular formula is C9H9F2NO4. The molecule has 1 aliphatic rings. The van der Waals surface area contributed by atoms with Gasteiger partial charge in [-0.2, -0.15) is 8.78 Å². The molecule has 1 fully saturated rings. The molecule has 0 bridgehead atoms. The Morgan fingerprint density at radius 3 is 1.88 bits per heavy atom. The summed E-state index contributed by atoms with van der Waals surface area (Å²) < 4.78 is 31.1. The van der Waals surface area contributed by atoms with Crippen LogP contribution < -0.4 is 10.1 Å². The average Bonchev–Trinajstić information content (AvgIpc) is 2.21. The standard InChI is InChI=1S/C9H9F2NO4/c10-4-6(13)5(11)8(15)9(7(4)14)16-3-1-12-2-3/h3,12-15H,1-2H2. The van der Waals surface area contributed by atoms with Crippen LogP contribution in [0.3, 0.4) is 0 Å². The molecule has 5 nitrogen and oxygen atoms in total. The summed E-state index contributed by atoms with van der Waals surface area (Å²) in [7, 11) is 0. The fourth-order valence-electron chi connectivity index (χ4n) is 1.26. The molecule has 0 aromatic heterocycles. The molecule has 4 N–H and O–H groups in total. The van der Waals surface area contributed by atoms with Crippen LogP contribution in [-0.2, 0) is 0 Å². The van der Waals surface area contributed by atoms with Gasteiger partial charge >= 0.3 is 0 Å². The third kappa shape index (κ3) is 1.49. The van der Waals surface area contributed by atoms with Crippen LogP contribution in [0.5, 0.6) is 23.0 Å². The van der Waals surface area contributed by atoms with Gasteiger partial charge in [0.1, 0.15) is 6.10 Å². The maximum atomic E-state index is 13.1. The maximum absolute atomic E-state index is 13.1. The van der Waals surface area contributed by atoms with Crippen LogP contribution in [0.2, 0.25) is 0 Å². The number of nitrogens with one attached hydrogen (secondary N) is 1. The lowest BCUT2D eigenvalue weighted by molar-refractivity contribution is 0.129. The number of phenolic OH excluding ortho intramolecular Hbond substituents is 3. The van der Waals surface area contributed by atoms with E-state index in [2.05, 4.69) is 5.32 Å². The SMILES string of the molecule is Oc1c(F)c(O)c(OC2CNC2)c(O)c1F. The van der Waals surface area contributed by atoms with Crippen LogP contribution in [0.1, 0.15) is 0 Å². The molecule has 0 spiro atoms. The van der Waals surface area contributed by atoms with Gasteiger partial charge in [-0.05, 0) is 0 Å². The first-order valence-corrected chi connectivity index (χ1v) is 4.51. The number of hydrogen-bond acceptors (Lipinski definition) is 5. The van der Waals surface area contributed by atoms with E-state index in [1.54, 1.807) is 0 Å². The van der Waals surface area contributed by atoms with Crippen molar-refractivity contribution in [3.8, 4) is 23.0 Å². The summed E-state index contributed by atoms with van der Waals surface area (Å²) in [5, 5.41) is 30.2. The van der Waals surface area contributed by atoms with Gasteiger partial charge in [0.25, 0.3) is 0 Å². The number of hydrogen-bond donors (Lipinski definition) is 4. The summed E-state index contributed by atoms with van der Waals surface area (Å²) in [4.78, 5) is 0. The Morgan fingerprint density at radius 2 is 1.50 bits per heavy atom. The van der Waals surface area contributed by atoms with Gasteiger partial charge in [-0.15, -0.1) is 0 Å². The predicted octanol–water partition coefficient (Wildman–Crippen LogP) is 0.432. The van der Waals surface area contributed by atoms with Crippen molar-refractivity contribution in [3.05, 3.63) is 11.6 Å². The monoisotopic (exact) mass is 233 g/mol. The number of aromatic hydroxyl groups is 3. The largest absolute Gasteiger partial charge is 0.503 e. The molecule has 1 saturated heterocycles. The number of benzene rings is 1. The van der Waals surface area contributed by atoms with Crippen molar-refractivity contribution in [3.63, 3.8) is 0 Å². The quantitative estimate of drug-likeness (QED) is 0.595. The van der Waals surface area contributed by atoms with Gasteiger partial charge in [-0.1, -0.05) is 0 Å². The lowest BCUT2D eigenvalue weighted by Gasteiger charge is -2.28. The zero-order chi connectivity index (χ0) is 11.9. The number of halogens is 2. The molecule has 2 rings (SSSR count). The second-order valence-electron chi connectivity index (χ2n) is 3.40. The molecule has 1 aromatic rings. The second-order valence-corrected chi connectivity index (χ2v) is 3.40. The van der Waals surface area contributed by atoms with E-state index < -0.39 is 34.6 Å². The summed E-state index contributed by atoms with van der Waals surface area (Å²) in [6, 6.07) is 0. The Bertz CT molecular complexity index is 405. The molecule has 0 aliphatic carbocycles. The zero-order valence-corrected chi connectivity index (χ0v) is 8.00. The molecule has 7 heteroatoms. The second kappa shape index (κ2) is 3.67. The first-order chi connectivity index (χ1) is 7.52. The first kappa shape index (κ1) is 10.7. The molecule has 1 heterocycles. The number of ether oxygens (including phenoxy) is 1. The highest BCUT2D eigenvalue weighted by Crippen LogP contribution is 2.45. The van der Waals surface area contributed by atoms with Crippen molar-refractivity contribution in [1.82, 2.24) is 5.32 Å². The number of phenols is 3. The molecule has 0 unspecified atom stereocenters. The highest BCUT2D eigenvalue weighted by atomic mass is 19.1. The fraction of sp³-hybridized carbons (Fsp3) is 0.333. The Morgan fingerprint density at radius 1 is 1.00 bits per heavy atom. The van der Waals surface area contributed by atoms with Crippen LogP contribution in [-0.4, -0.2) is 34.5 Å². The maximum Gasteiger partial charge on any atom is 0.213 e.